The van der Waals surface area contributed by atoms with Crippen molar-refractivity contribution in [3.63, 3.8) is 0 Å². The summed E-state index contributed by atoms with van der Waals surface area (Å²) in [6.45, 7) is 0.652. The van der Waals surface area contributed by atoms with Gasteiger partial charge in [0.2, 0.25) is 0 Å². The molecule has 0 bridgehead atoms. The summed E-state index contributed by atoms with van der Waals surface area (Å²) in [4.78, 5) is 14.4. The molecule has 3 nitrogen and oxygen atoms in total. The van der Waals surface area contributed by atoms with Crippen LogP contribution in [0.2, 0.25) is 0 Å². The molecule has 1 N–H and O–H groups in total. The van der Waals surface area contributed by atoms with E-state index in [9.17, 15) is 9.18 Å². The van der Waals surface area contributed by atoms with Gasteiger partial charge in [0.1, 0.15) is 5.82 Å². The van der Waals surface area contributed by atoms with Gasteiger partial charge in [-0.3, -0.25) is 4.79 Å². The standard InChI is InChI=1S/C17H17FN2O/c1-19-15-10-11-20(16-5-3-2-4-14(15)16)17(21)12-6-8-13(18)9-7-12/h2-9,15,19H,10-11H2,1H3. The topological polar surface area (TPSA) is 32.3 Å². The van der Waals surface area contributed by atoms with Gasteiger partial charge in [-0.25, -0.2) is 4.39 Å². The van der Waals surface area contributed by atoms with Crippen LogP contribution in [0.3, 0.4) is 0 Å². The van der Waals surface area contributed by atoms with Crippen LogP contribution in [0, 0.1) is 5.82 Å². The first-order valence-electron chi connectivity index (χ1n) is 7.04. The highest BCUT2D eigenvalue weighted by atomic mass is 19.1. The second-order valence-corrected chi connectivity index (χ2v) is 5.15. The minimum atomic E-state index is -0.333. The molecule has 0 saturated heterocycles. The Hall–Kier alpha value is -2.20. The molecule has 108 valence electrons. The molecule has 0 aliphatic carbocycles. The van der Waals surface area contributed by atoms with Crippen LogP contribution >= 0.6 is 0 Å². The van der Waals surface area contributed by atoms with Crippen LogP contribution in [0.15, 0.2) is 48.5 Å². The lowest BCUT2D eigenvalue weighted by atomic mass is 9.96. The molecule has 4 heteroatoms. The van der Waals surface area contributed by atoms with Gasteiger partial charge in [-0.15, -0.1) is 0 Å². The number of nitrogens with zero attached hydrogens (tertiary/aromatic N) is 1. The molecule has 21 heavy (non-hydrogen) atoms. The van der Waals surface area contributed by atoms with Gasteiger partial charge in [-0.1, -0.05) is 18.2 Å². The third-order valence-electron chi connectivity index (χ3n) is 3.93. The van der Waals surface area contributed by atoms with Crippen molar-refractivity contribution in [1.29, 1.82) is 0 Å². The number of rotatable bonds is 2. The molecular weight excluding hydrogens is 267 g/mol. The maximum absolute atomic E-state index is 13.0. The molecule has 2 aromatic rings. The van der Waals surface area contributed by atoms with Gasteiger partial charge in [-0.05, 0) is 49.4 Å². The van der Waals surface area contributed by atoms with Crippen LogP contribution in [0.4, 0.5) is 10.1 Å². The summed E-state index contributed by atoms with van der Waals surface area (Å²) in [5.41, 5.74) is 2.56. The summed E-state index contributed by atoms with van der Waals surface area (Å²) in [6.07, 6.45) is 0.862. The molecular formula is C17H17FN2O. The van der Waals surface area contributed by atoms with Crippen molar-refractivity contribution >= 4 is 11.6 Å². The zero-order valence-corrected chi connectivity index (χ0v) is 11.8. The summed E-state index contributed by atoms with van der Waals surface area (Å²) in [7, 11) is 1.93. The molecule has 3 rings (SSSR count). The zero-order chi connectivity index (χ0) is 14.8. The predicted molar refractivity (Wildman–Crippen MR) is 80.9 cm³/mol. The number of nitrogens with one attached hydrogen (secondary N) is 1. The molecule has 0 spiro atoms. The van der Waals surface area contributed by atoms with E-state index in [0.717, 1.165) is 17.7 Å². The summed E-state index contributed by atoms with van der Waals surface area (Å²) in [5, 5.41) is 3.28. The van der Waals surface area contributed by atoms with Crippen molar-refractivity contribution < 1.29 is 9.18 Å². The molecule has 2 aromatic carbocycles. The normalized spacial score (nSPS) is 17.4. The largest absolute Gasteiger partial charge is 0.313 e. The van der Waals surface area contributed by atoms with E-state index >= 15 is 0 Å². The van der Waals surface area contributed by atoms with Gasteiger partial charge in [0.15, 0.2) is 0 Å². The number of amides is 1. The van der Waals surface area contributed by atoms with E-state index in [1.165, 1.54) is 24.3 Å². The molecule has 0 fully saturated rings. The second kappa shape index (κ2) is 5.66. The summed E-state index contributed by atoms with van der Waals surface area (Å²) >= 11 is 0. The first kappa shape index (κ1) is 13.8. The van der Waals surface area contributed by atoms with Crippen molar-refractivity contribution in [1.82, 2.24) is 5.32 Å². The zero-order valence-electron chi connectivity index (χ0n) is 11.8. The monoisotopic (exact) mass is 284 g/mol. The van der Waals surface area contributed by atoms with Gasteiger partial charge < -0.3 is 10.2 Å². The molecule has 1 atom stereocenters. The van der Waals surface area contributed by atoms with Crippen LogP contribution in [-0.2, 0) is 0 Å². The summed E-state index contributed by atoms with van der Waals surface area (Å²) < 4.78 is 13.0. The molecule has 0 radical (unpaired) electrons. The lowest BCUT2D eigenvalue weighted by Crippen LogP contribution is -2.39. The van der Waals surface area contributed by atoms with Crippen molar-refractivity contribution in [2.24, 2.45) is 0 Å². The fraction of sp³-hybridized carbons (Fsp3) is 0.235. The van der Waals surface area contributed by atoms with E-state index in [1.807, 2.05) is 31.3 Å². The number of anilines is 1. The number of hydrogen-bond donors (Lipinski definition) is 1. The number of fused-ring (bicyclic) bond motifs is 1. The highest BCUT2D eigenvalue weighted by Crippen LogP contribution is 2.34. The van der Waals surface area contributed by atoms with Crippen molar-refractivity contribution in [2.75, 3.05) is 18.5 Å². The SMILES string of the molecule is CNC1CCN(C(=O)c2ccc(F)cc2)c2ccccc21. The third kappa shape index (κ3) is 2.54. The van der Waals surface area contributed by atoms with Crippen molar-refractivity contribution in [3.05, 3.63) is 65.5 Å². The number of hydrogen-bond acceptors (Lipinski definition) is 2. The van der Waals surface area contributed by atoms with Gasteiger partial charge in [0.05, 0.1) is 0 Å². The van der Waals surface area contributed by atoms with E-state index in [1.54, 1.807) is 4.90 Å². The Bertz CT molecular complexity index is 654. The van der Waals surface area contributed by atoms with Crippen LogP contribution in [-0.4, -0.2) is 19.5 Å². The minimum Gasteiger partial charge on any atom is -0.313 e. The molecule has 0 aromatic heterocycles. The number of para-hydroxylation sites is 1. The van der Waals surface area contributed by atoms with Gasteiger partial charge in [-0.2, -0.15) is 0 Å². The van der Waals surface area contributed by atoms with E-state index in [2.05, 4.69) is 5.32 Å². The number of carbonyl (C=O) groups excluding carboxylic acids is 1. The molecule has 0 saturated carbocycles. The smallest absolute Gasteiger partial charge is 0.258 e. The van der Waals surface area contributed by atoms with Crippen LogP contribution < -0.4 is 10.2 Å². The van der Waals surface area contributed by atoms with Crippen molar-refractivity contribution in [2.45, 2.75) is 12.5 Å². The quantitative estimate of drug-likeness (QED) is 0.919. The first-order valence-corrected chi connectivity index (χ1v) is 7.04. The number of benzene rings is 2. The Kier molecular flexibility index (Phi) is 3.71. The third-order valence-corrected chi connectivity index (χ3v) is 3.93. The summed E-state index contributed by atoms with van der Waals surface area (Å²) in [5.74, 6) is -0.419. The average molecular weight is 284 g/mol. The Morgan fingerprint density at radius 2 is 1.90 bits per heavy atom. The van der Waals surface area contributed by atoms with Crippen LogP contribution in [0.1, 0.15) is 28.4 Å². The highest BCUT2D eigenvalue weighted by Gasteiger charge is 2.28. The van der Waals surface area contributed by atoms with Gasteiger partial charge in [0.25, 0.3) is 5.91 Å². The lowest BCUT2D eigenvalue weighted by molar-refractivity contribution is 0.0983. The first-order chi connectivity index (χ1) is 10.2. The second-order valence-electron chi connectivity index (χ2n) is 5.15. The van der Waals surface area contributed by atoms with E-state index in [-0.39, 0.29) is 17.8 Å². The number of carbonyl (C=O) groups is 1. The maximum atomic E-state index is 13.0. The molecule has 1 unspecified atom stereocenters. The predicted octanol–water partition coefficient (Wildman–Crippen LogP) is 3.14. The minimum absolute atomic E-state index is 0.0861. The lowest BCUT2D eigenvalue weighted by Gasteiger charge is -2.34. The Morgan fingerprint density at radius 3 is 2.62 bits per heavy atom. The van der Waals surface area contributed by atoms with E-state index in [4.69, 9.17) is 0 Å². The van der Waals surface area contributed by atoms with Gasteiger partial charge in [0, 0.05) is 23.8 Å². The van der Waals surface area contributed by atoms with Gasteiger partial charge >= 0.3 is 0 Å². The van der Waals surface area contributed by atoms with E-state index in [0.29, 0.717) is 12.1 Å². The van der Waals surface area contributed by atoms with Crippen molar-refractivity contribution in [3.8, 4) is 0 Å². The Morgan fingerprint density at radius 1 is 1.19 bits per heavy atom. The van der Waals surface area contributed by atoms with Crippen LogP contribution in [0.25, 0.3) is 0 Å². The highest BCUT2D eigenvalue weighted by molar-refractivity contribution is 6.06. The Balaban J connectivity index is 1.96. The average Bonchev–Trinajstić information content (AvgIpc) is 2.54. The van der Waals surface area contributed by atoms with Crippen LogP contribution in [0.5, 0.6) is 0 Å². The summed E-state index contributed by atoms with van der Waals surface area (Å²) in [6, 6.07) is 13.9. The molecule has 1 amide bonds. The maximum Gasteiger partial charge on any atom is 0.258 e. The fourth-order valence-corrected chi connectivity index (χ4v) is 2.82. The molecule has 1 heterocycles. The fourth-order valence-electron chi connectivity index (χ4n) is 2.82. The van der Waals surface area contributed by atoms with E-state index < -0.39 is 0 Å². The molecule has 1 aliphatic heterocycles. The molecule has 1 aliphatic rings. The Labute approximate surface area is 123 Å². The number of halogens is 1.